The molecule has 0 spiro atoms. The molecule has 0 aliphatic carbocycles. The number of ether oxygens (including phenoxy) is 1. The van der Waals surface area contributed by atoms with Gasteiger partial charge in [0.2, 0.25) is 6.10 Å². The fraction of sp³-hybridized carbons (Fsp3) is 0.273. The highest BCUT2D eigenvalue weighted by molar-refractivity contribution is 5.82. The number of hydrogen-bond acceptors (Lipinski definition) is 5. The predicted octanol–water partition coefficient (Wildman–Crippen LogP) is 1.23. The van der Waals surface area contributed by atoms with E-state index in [2.05, 4.69) is 4.89 Å². The molecule has 0 amide bonds. The zero-order valence-corrected chi connectivity index (χ0v) is 8.42. The molecule has 0 aromatic heterocycles. The van der Waals surface area contributed by atoms with E-state index < -0.39 is 12.1 Å². The van der Waals surface area contributed by atoms with Crippen LogP contribution < -0.4 is 4.89 Å². The Balaban J connectivity index is 1.82. The third-order valence-electron chi connectivity index (χ3n) is 2.11. The topological polar surface area (TPSA) is 61.8 Å². The normalized spacial score (nSPS) is 19.0. The second kappa shape index (κ2) is 4.65. The molecule has 1 aromatic carbocycles. The van der Waals surface area contributed by atoms with Gasteiger partial charge in [0, 0.05) is 12.8 Å². The first kappa shape index (κ1) is 10.5. The smallest absolute Gasteiger partial charge is 0.395 e. The lowest BCUT2D eigenvalue weighted by atomic mass is 10.2. The molecule has 1 aliphatic rings. The van der Waals surface area contributed by atoms with E-state index in [-0.39, 0.29) is 12.4 Å². The van der Waals surface area contributed by atoms with Crippen molar-refractivity contribution < 1.29 is 24.1 Å². The van der Waals surface area contributed by atoms with Crippen LogP contribution in [0.5, 0.6) is 5.75 Å². The van der Waals surface area contributed by atoms with Crippen LogP contribution in [0.3, 0.4) is 0 Å². The minimum atomic E-state index is -0.837. The molecule has 1 saturated heterocycles. The van der Waals surface area contributed by atoms with E-state index in [1.165, 1.54) is 0 Å². The SMILES string of the molecule is O=C1CCC(C(=O)OOc2ccccc2)O1. The molecule has 1 fully saturated rings. The van der Waals surface area contributed by atoms with Crippen molar-refractivity contribution in [2.45, 2.75) is 18.9 Å². The Hall–Kier alpha value is -2.04. The van der Waals surface area contributed by atoms with Crippen LogP contribution in [0.1, 0.15) is 12.8 Å². The summed E-state index contributed by atoms with van der Waals surface area (Å²) in [6.07, 6.45) is -0.253. The number of carbonyl (C=O) groups is 2. The Kier molecular flexibility index (Phi) is 3.05. The molecule has 1 aromatic rings. The van der Waals surface area contributed by atoms with Crippen LogP contribution in [0.2, 0.25) is 0 Å². The number of carbonyl (C=O) groups excluding carboxylic acids is 2. The molecular weight excluding hydrogens is 212 g/mol. The van der Waals surface area contributed by atoms with E-state index in [9.17, 15) is 9.59 Å². The summed E-state index contributed by atoms with van der Waals surface area (Å²) in [6.45, 7) is 0. The van der Waals surface area contributed by atoms with E-state index >= 15 is 0 Å². The van der Waals surface area contributed by atoms with Gasteiger partial charge >= 0.3 is 11.9 Å². The average molecular weight is 222 g/mol. The molecule has 1 atom stereocenters. The molecule has 1 unspecified atom stereocenters. The Morgan fingerprint density at radius 3 is 2.69 bits per heavy atom. The molecule has 16 heavy (non-hydrogen) atoms. The van der Waals surface area contributed by atoms with Crippen molar-refractivity contribution in [1.82, 2.24) is 0 Å². The molecule has 5 nitrogen and oxygen atoms in total. The summed E-state index contributed by atoms with van der Waals surface area (Å²) in [5.41, 5.74) is 0. The van der Waals surface area contributed by atoms with Crippen molar-refractivity contribution >= 4 is 11.9 Å². The van der Waals surface area contributed by atoms with Gasteiger partial charge in [-0.15, -0.1) is 0 Å². The highest BCUT2D eigenvalue weighted by atomic mass is 17.2. The summed E-state index contributed by atoms with van der Waals surface area (Å²) >= 11 is 0. The van der Waals surface area contributed by atoms with Crippen molar-refractivity contribution in [3.63, 3.8) is 0 Å². The number of cyclic esters (lactones) is 1. The highest BCUT2D eigenvalue weighted by Gasteiger charge is 2.32. The van der Waals surface area contributed by atoms with E-state index in [1.807, 2.05) is 6.07 Å². The summed E-state index contributed by atoms with van der Waals surface area (Å²) in [7, 11) is 0. The van der Waals surface area contributed by atoms with E-state index in [0.29, 0.717) is 12.2 Å². The van der Waals surface area contributed by atoms with Gasteiger partial charge in [-0.25, -0.2) is 9.68 Å². The van der Waals surface area contributed by atoms with Crippen LogP contribution in [-0.4, -0.2) is 18.0 Å². The Morgan fingerprint density at radius 1 is 1.31 bits per heavy atom. The van der Waals surface area contributed by atoms with Crippen LogP contribution in [0.25, 0.3) is 0 Å². The maximum Gasteiger partial charge on any atom is 0.395 e. The Labute approximate surface area is 91.8 Å². The molecule has 0 N–H and O–H groups in total. The quantitative estimate of drug-likeness (QED) is 0.437. The lowest BCUT2D eigenvalue weighted by Crippen LogP contribution is -2.24. The Morgan fingerprint density at radius 2 is 2.06 bits per heavy atom. The maximum absolute atomic E-state index is 11.3. The minimum Gasteiger partial charge on any atom is -0.450 e. The average Bonchev–Trinajstić information content (AvgIpc) is 2.74. The molecule has 0 saturated carbocycles. The van der Waals surface area contributed by atoms with Crippen LogP contribution in [0.4, 0.5) is 0 Å². The van der Waals surface area contributed by atoms with Gasteiger partial charge in [-0.1, -0.05) is 18.2 Å². The summed E-state index contributed by atoms with van der Waals surface area (Å²) in [4.78, 5) is 31.4. The van der Waals surface area contributed by atoms with Crippen LogP contribution in [-0.2, 0) is 19.2 Å². The highest BCUT2D eigenvalue weighted by Crippen LogP contribution is 2.16. The van der Waals surface area contributed by atoms with Gasteiger partial charge in [-0.05, 0) is 12.1 Å². The number of esters is 1. The van der Waals surface area contributed by atoms with E-state index in [0.717, 1.165) is 0 Å². The minimum absolute atomic E-state index is 0.241. The Bertz CT molecular complexity index is 387. The number of para-hydroxylation sites is 1. The molecular formula is C11H10O5. The zero-order valence-electron chi connectivity index (χ0n) is 8.42. The largest absolute Gasteiger partial charge is 0.450 e. The standard InChI is InChI=1S/C11H10O5/c12-10-7-6-9(14-10)11(13)16-15-8-4-2-1-3-5-8/h1-5,9H,6-7H2. The van der Waals surface area contributed by atoms with Crippen molar-refractivity contribution in [2.75, 3.05) is 0 Å². The van der Waals surface area contributed by atoms with E-state index in [4.69, 9.17) is 9.62 Å². The maximum atomic E-state index is 11.3. The van der Waals surface area contributed by atoms with Gasteiger partial charge in [-0.3, -0.25) is 9.68 Å². The number of rotatable bonds is 3. The van der Waals surface area contributed by atoms with Gasteiger partial charge in [0.1, 0.15) is 0 Å². The number of benzene rings is 1. The summed E-state index contributed by atoms with van der Waals surface area (Å²) in [6, 6.07) is 8.60. The summed E-state index contributed by atoms with van der Waals surface area (Å²) < 4.78 is 4.72. The third kappa shape index (κ3) is 2.50. The first-order chi connectivity index (χ1) is 7.75. The predicted molar refractivity (Wildman–Crippen MR) is 52.3 cm³/mol. The third-order valence-corrected chi connectivity index (χ3v) is 2.11. The van der Waals surface area contributed by atoms with Gasteiger partial charge < -0.3 is 4.74 Å². The van der Waals surface area contributed by atoms with Crippen molar-refractivity contribution in [3.05, 3.63) is 30.3 Å². The summed E-state index contributed by atoms with van der Waals surface area (Å²) in [5, 5.41) is 0. The van der Waals surface area contributed by atoms with Crippen LogP contribution in [0, 0.1) is 0 Å². The van der Waals surface area contributed by atoms with Gasteiger partial charge in [0.15, 0.2) is 5.75 Å². The fourth-order valence-corrected chi connectivity index (χ4v) is 1.31. The van der Waals surface area contributed by atoms with Crippen molar-refractivity contribution in [3.8, 4) is 5.75 Å². The molecule has 0 radical (unpaired) electrons. The van der Waals surface area contributed by atoms with Crippen LogP contribution in [0.15, 0.2) is 30.3 Å². The first-order valence-corrected chi connectivity index (χ1v) is 4.88. The second-order valence-electron chi connectivity index (χ2n) is 3.32. The molecule has 1 heterocycles. The fourth-order valence-electron chi connectivity index (χ4n) is 1.31. The van der Waals surface area contributed by atoms with Crippen molar-refractivity contribution in [1.29, 1.82) is 0 Å². The lowest BCUT2D eigenvalue weighted by Gasteiger charge is -2.07. The lowest BCUT2D eigenvalue weighted by molar-refractivity contribution is -0.223. The van der Waals surface area contributed by atoms with Gasteiger partial charge in [0.25, 0.3) is 0 Å². The zero-order chi connectivity index (χ0) is 11.4. The molecule has 0 bridgehead atoms. The monoisotopic (exact) mass is 222 g/mol. The van der Waals surface area contributed by atoms with E-state index in [1.54, 1.807) is 24.3 Å². The molecule has 84 valence electrons. The molecule has 1 aliphatic heterocycles. The van der Waals surface area contributed by atoms with Crippen LogP contribution >= 0.6 is 0 Å². The number of hydrogen-bond donors (Lipinski definition) is 0. The molecule has 5 heteroatoms. The summed E-state index contributed by atoms with van der Waals surface area (Å²) in [5.74, 6) is -0.656. The molecule has 2 rings (SSSR count). The first-order valence-electron chi connectivity index (χ1n) is 4.88. The van der Waals surface area contributed by atoms with Gasteiger partial charge in [-0.2, -0.15) is 0 Å². The van der Waals surface area contributed by atoms with Crippen molar-refractivity contribution in [2.24, 2.45) is 0 Å². The second-order valence-corrected chi connectivity index (χ2v) is 3.32. The van der Waals surface area contributed by atoms with Gasteiger partial charge in [0.05, 0.1) is 0 Å².